The molecule has 3 atom stereocenters. The minimum atomic E-state index is -1.37. The molecule has 0 spiro atoms. The summed E-state index contributed by atoms with van der Waals surface area (Å²) in [4.78, 5) is 38.7. The zero-order valence-corrected chi connectivity index (χ0v) is 36.7. The molecule has 0 saturated heterocycles. The molecule has 6 heteroatoms. The van der Waals surface area contributed by atoms with E-state index in [1.807, 2.05) is 13.8 Å². The van der Waals surface area contributed by atoms with Gasteiger partial charge in [-0.05, 0) is 32.1 Å². The Morgan fingerprint density at radius 1 is 0.426 bits per heavy atom. The van der Waals surface area contributed by atoms with Gasteiger partial charge in [-0.25, -0.2) is 0 Å². The van der Waals surface area contributed by atoms with Crippen LogP contribution in [0.15, 0.2) is 0 Å². The molecule has 0 fully saturated rings. The van der Waals surface area contributed by atoms with Crippen molar-refractivity contribution in [2.24, 2.45) is 0 Å². The molecule has 3 unspecified atom stereocenters. The van der Waals surface area contributed by atoms with E-state index in [1.54, 1.807) is 0 Å². The Morgan fingerprint density at radius 2 is 0.759 bits per heavy atom. The van der Waals surface area contributed by atoms with E-state index in [2.05, 4.69) is 19.2 Å². The summed E-state index contributed by atoms with van der Waals surface area (Å²) < 4.78 is 5.90. The maximum atomic E-state index is 13.2. The highest BCUT2D eigenvalue weighted by Gasteiger charge is 2.35. The van der Waals surface area contributed by atoms with Crippen LogP contribution >= 0.6 is 0 Å². The van der Waals surface area contributed by atoms with Crippen molar-refractivity contribution < 1.29 is 24.2 Å². The summed E-state index contributed by atoms with van der Waals surface area (Å²) in [6.07, 6.45) is 41.6. The lowest BCUT2D eigenvalue weighted by Gasteiger charge is -2.31. The summed E-state index contributed by atoms with van der Waals surface area (Å²) in [5.74, 6) is -0.794. The molecule has 0 heterocycles. The zero-order chi connectivity index (χ0) is 39.7. The van der Waals surface area contributed by atoms with Crippen LogP contribution in [0, 0.1) is 0 Å². The number of rotatable bonds is 43. The van der Waals surface area contributed by atoms with Gasteiger partial charge in [-0.15, -0.1) is 0 Å². The second-order valence-corrected chi connectivity index (χ2v) is 16.7. The van der Waals surface area contributed by atoms with Gasteiger partial charge in [-0.3, -0.25) is 14.4 Å². The Kier molecular flexibility index (Phi) is 40.1. The highest BCUT2D eigenvalue weighted by molar-refractivity contribution is 5.85. The predicted octanol–water partition coefficient (Wildman–Crippen LogP) is 14.2. The maximum Gasteiger partial charge on any atom is 0.306 e. The number of amides is 1. The number of nitrogens with one attached hydrogen (secondary N) is 1. The Bertz CT molecular complexity index is 832. The number of aliphatic hydroxyl groups is 1. The molecule has 0 aliphatic rings. The van der Waals surface area contributed by atoms with Crippen LogP contribution in [0.1, 0.15) is 272 Å². The number of carbonyl (C=O) groups excluding carboxylic acids is 3. The topological polar surface area (TPSA) is 92.7 Å². The van der Waals surface area contributed by atoms with E-state index in [-0.39, 0.29) is 30.5 Å². The van der Waals surface area contributed by atoms with Gasteiger partial charge in [0.25, 0.3) is 0 Å². The SMILES string of the molecule is CCCCCCCCCCCCCCCCCCCC(=O)NC(C(CCCCCCCCCCCCCCCCC)OC(=O)CCC)C(O)C(=O)CCC. The average Bonchev–Trinajstić information content (AvgIpc) is 3.16. The quantitative estimate of drug-likeness (QED) is 0.0476. The van der Waals surface area contributed by atoms with E-state index in [0.717, 1.165) is 38.5 Å². The smallest absolute Gasteiger partial charge is 0.306 e. The van der Waals surface area contributed by atoms with E-state index in [1.165, 1.54) is 167 Å². The highest BCUT2D eigenvalue weighted by Crippen LogP contribution is 2.20. The standard InChI is InChI=1S/C48H93NO5/c1-5-9-11-13-15-17-19-21-23-24-26-28-30-32-34-36-38-42-45(51)49-47(48(53)43(50)39-7-3)44(54-46(52)40-8-4)41-37-35-33-31-29-27-25-22-20-18-16-14-12-10-6-2/h44,47-48,53H,5-42H2,1-4H3,(H,49,51). The molecule has 0 radical (unpaired) electrons. The maximum absolute atomic E-state index is 13.2. The van der Waals surface area contributed by atoms with Gasteiger partial charge < -0.3 is 15.2 Å². The van der Waals surface area contributed by atoms with E-state index in [9.17, 15) is 19.5 Å². The van der Waals surface area contributed by atoms with E-state index in [4.69, 9.17) is 4.74 Å². The third-order valence-electron chi connectivity index (χ3n) is 11.2. The average molecular weight is 764 g/mol. The van der Waals surface area contributed by atoms with Crippen LogP contribution < -0.4 is 5.32 Å². The molecule has 0 rings (SSSR count). The van der Waals surface area contributed by atoms with Gasteiger partial charge in [0.05, 0.1) is 6.04 Å². The molecule has 0 aliphatic heterocycles. The zero-order valence-electron chi connectivity index (χ0n) is 36.7. The number of carbonyl (C=O) groups is 3. The molecular weight excluding hydrogens is 671 g/mol. The monoisotopic (exact) mass is 764 g/mol. The van der Waals surface area contributed by atoms with Crippen LogP contribution in [0.2, 0.25) is 0 Å². The van der Waals surface area contributed by atoms with Crippen LogP contribution in [0.25, 0.3) is 0 Å². The largest absolute Gasteiger partial charge is 0.460 e. The first-order valence-corrected chi connectivity index (χ1v) is 24.1. The Labute approximate surface area is 336 Å². The lowest BCUT2D eigenvalue weighted by molar-refractivity contribution is -0.156. The van der Waals surface area contributed by atoms with Gasteiger partial charge in [-0.1, -0.05) is 220 Å². The predicted molar refractivity (Wildman–Crippen MR) is 231 cm³/mol. The van der Waals surface area contributed by atoms with Crippen LogP contribution in [-0.4, -0.2) is 41.0 Å². The Hall–Kier alpha value is -1.43. The molecule has 2 N–H and O–H groups in total. The van der Waals surface area contributed by atoms with Crippen molar-refractivity contribution in [3.8, 4) is 0 Å². The van der Waals surface area contributed by atoms with Gasteiger partial charge in [0, 0.05) is 19.3 Å². The summed E-state index contributed by atoms with van der Waals surface area (Å²) in [6.45, 7) is 8.39. The van der Waals surface area contributed by atoms with Crippen LogP contribution in [0.5, 0.6) is 0 Å². The van der Waals surface area contributed by atoms with Crippen molar-refractivity contribution in [2.75, 3.05) is 0 Å². The lowest BCUT2D eigenvalue weighted by Crippen LogP contribution is -2.54. The van der Waals surface area contributed by atoms with Crippen molar-refractivity contribution in [2.45, 2.75) is 290 Å². The molecule has 0 aliphatic carbocycles. The second kappa shape index (κ2) is 41.2. The molecule has 1 amide bonds. The van der Waals surface area contributed by atoms with E-state index < -0.39 is 18.2 Å². The third-order valence-corrected chi connectivity index (χ3v) is 11.2. The van der Waals surface area contributed by atoms with Crippen molar-refractivity contribution in [3.05, 3.63) is 0 Å². The van der Waals surface area contributed by atoms with Gasteiger partial charge in [-0.2, -0.15) is 0 Å². The third kappa shape index (κ3) is 33.9. The molecular formula is C48H93NO5. The fourth-order valence-electron chi connectivity index (χ4n) is 7.70. The summed E-state index contributed by atoms with van der Waals surface area (Å²) in [6, 6.07) is -0.908. The van der Waals surface area contributed by atoms with Crippen LogP contribution in [0.3, 0.4) is 0 Å². The fraction of sp³-hybridized carbons (Fsp3) is 0.938. The van der Waals surface area contributed by atoms with Crippen molar-refractivity contribution in [1.82, 2.24) is 5.32 Å². The Morgan fingerprint density at radius 3 is 1.11 bits per heavy atom. The van der Waals surface area contributed by atoms with Gasteiger partial charge in [0.15, 0.2) is 5.78 Å². The molecule has 0 aromatic heterocycles. The molecule has 54 heavy (non-hydrogen) atoms. The normalized spacial score (nSPS) is 13.1. The molecule has 6 nitrogen and oxygen atoms in total. The molecule has 0 aromatic rings. The van der Waals surface area contributed by atoms with Crippen molar-refractivity contribution in [1.29, 1.82) is 0 Å². The number of esters is 1. The summed E-state index contributed by atoms with van der Waals surface area (Å²) >= 11 is 0. The first-order valence-electron chi connectivity index (χ1n) is 24.1. The van der Waals surface area contributed by atoms with E-state index in [0.29, 0.717) is 25.7 Å². The minimum absolute atomic E-state index is 0.169. The number of ketones is 1. The van der Waals surface area contributed by atoms with E-state index >= 15 is 0 Å². The number of hydrogen-bond acceptors (Lipinski definition) is 5. The Balaban J connectivity index is 4.53. The minimum Gasteiger partial charge on any atom is -0.460 e. The number of aliphatic hydroxyl groups excluding tert-OH is 1. The van der Waals surface area contributed by atoms with Gasteiger partial charge in [0.2, 0.25) is 5.91 Å². The lowest BCUT2D eigenvalue weighted by atomic mass is 9.94. The highest BCUT2D eigenvalue weighted by atomic mass is 16.5. The first-order chi connectivity index (χ1) is 26.4. The number of unbranched alkanes of at least 4 members (excludes halogenated alkanes) is 30. The van der Waals surface area contributed by atoms with Crippen LogP contribution in [0.4, 0.5) is 0 Å². The van der Waals surface area contributed by atoms with Gasteiger partial charge >= 0.3 is 5.97 Å². The second-order valence-electron chi connectivity index (χ2n) is 16.7. The number of ether oxygens (including phenoxy) is 1. The molecule has 0 saturated carbocycles. The number of Topliss-reactive ketones (excluding diaryl/α,β-unsaturated/α-hetero) is 1. The summed E-state index contributed by atoms with van der Waals surface area (Å²) in [5.41, 5.74) is 0. The molecule has 0 bridgehead atoms. The summed E-state index contributed by atoms with van der Waals surface area (Å²) in [5, 5.41) is 14.1. The molecule has 0 aromatic carbocycles. The number of hydrogen-bond donors (Lipinski definition) is 2. The van der Waals surface area contributed by atoms with Crippen molar-refractivity contribution >= 4 is 17.7 Å². The summed E-state index contributed by atoms with van der Waals surface area (Å²) in [7, 11) is 0. The fourth-order valence-corrected chi connectivity index (χ4v) is 7.70. The van der Waals surface area contributed by atoms with Crippen molar-refractivity contribution in [3.63, 3.8) is 0 Å². The molecule has 320 valence electrons. The first kappa shape index (κ1) is 52.6. The van der Waals surface area contributed by atoms with Crippen LogP contribution in [-0.2, 0) is 19.1 Å². The van der Waals surface area contributed by atoms with Gasteiger partial charge in [0.1, 0.15) is 12.2 Å².